The summed E-state index contributed by atoms with van der Waals surface area (Å²) in [5.41, 5.74) is 0.109. The van der Waals surface area contributed by atoms with Crippen molar-refractivity contribution in [1.29, 1.82) is 0 Å². The van der Waals surface area contributed by atoms with Gasteiger partial charge in [0.05, 0.1) is 18.4 Å². The minimum Gasteiger partial charge on any atom is -0.474 e. The number of alkyl halides is 3. The highest BCUT2D eigenvalue weighted by Crippen LogP contribution is 2.36. The Hall–Kier alpha value is -2.23. The van der Waals surface area contributed by atoms with E-state index < -0.39 is 24.4 Å². The number of carbonyl (C=O) groups is 1. The number of rotatable bonds is 5. The van der Waals surface area contributed by atoms with E-state index >= 15 is 0 Å². The van der Waals surface area contributed by atoms with Crippen molar-refractivity contribution in [3.05, 3.63) is 18.3 Å². The van der Waals surface area contributed by atoms with Crippen molar-refractivity contribution < 1.29 is 27.4 Å². The van der Waals surface area contributed by atoms with Gasteiger partial charge in [0.1, 0.15) is 18.2 Å². The predicted molar refractivity (Wildman–Crippen MR) is 115 cm³/mol. The fourth-order valence-electron chi connectivity index (χ4n) is 5.37. The summed E-state index contributed by atoms with van der Waals surface area (Å²) in [6.07, 6.45) is 3.75. The maximum absolute atomic E-state index is 12.7. The summed E-state index contributed by atoms with van der Waals surface area (Å²) in [5.74, 6) is 0.627. The highest BCUT2D eigenvalue weighted by atomic mass is 19.4. The van der Waals surface area contributed by atoms with E-state index in [1.165, 1.54) is 19.3 Å². The van der Waals surface area contributed by atoms with Crippen LogP contribution in [0.3, 0.4) is 0 Å². The Morgan fingerprint density at radius 3 is 2.39 bits per heavy atom. The van der Waals surface area contributed by atoms with Crippen LogP contribution in [0, 0.1) is 0 Å². The molecule has 1 aromatic heterocycles. The Balaban J connectivity index is 1.10. The number of carbonyl (C=O) groups excluding carboxylic acids is 1. The zero-order chi connectivity index (χ0) is 23.1. The molecular formula is C23H31F3N4O3. The van der Waals surface area contributed by atoms with Gasteiger partial charge < -0.3 is 19.3 Å². The van der Waals surface area contributed by atoms with Crippen LogP contribution in [-0.4, -0.2) is 84.1 Å². The van der Waals surface area contributed by atoms with Gasteiger partial charge in [0, 0.05) is 51.1 Å². The quantitative estimate of drug-likeness (QED) is 0.655. The lowest BCUT2D eigenvalue weighted by Gasteiger charge is -2.41. The van der Waals surface area contributed by atoms with E-state index in [9.17, 15) is 18.0 Å². The second-order valence-electron chi connectivity index (χ2n) is 9.80. The van der Waals surface area contributed by atoms with Gasteiger partial charge in [-0.3, -0.25) is 4.90 Å². The highest BCUT2D eigenvalue weighted by Gasteiger charge is 2.49. The molecule has 1 aliphatic carbocycles. The molecule has 7 nitrogen and oxygen atoms in total. The van der Waals surface area contributed by atoms with E-state index in [4.69, 9.17) is 9.47 Å². The number of piperidine rings is 2. The van der Waals surface area contributed by atoms with Crippen LogP contribution in [0.1, 0.15) is 44.9 Å². The average molecular weight is 469 g/mol. The molecule has 0 atom stereocenters. The number of hydrogen-bond acceptors (Lipinski definition) is 6. The van der Waals surface area contributed by atoms with Gasteiger partial charge >= 0.3 is 12.3 Å². The molecule has 4 heterocycles. The molecule has 0 unspecified atom stereocenters. The van der Waals surface area contributed by atoms with Crippen molar-refractivity contribution in [1.82, 2.24) is 14.8 Å². The highest BCUT2D eigenvalue weighted by molar-refractivity contribution is 5.71. The topological polar surface area (TPSA) is 58.1 Å². The van der Waals surface area contributed by atoms with E-state index in [1.54, 1.807) is 6.20 Å². The van der Waals surface area contributed by atoms with E-state index in [0.717, 1.165) is 42.6 Å². The molecule has 1 amide bonds. The van der Waals surface area contributed by atoms with Gasteiger partial charge in [-0.25, -0.2) is 9.78 Å². The second-order valence-corrected chi connectivity index (χ2v) is 9.80. The van der Waals surface area contributed by atoms with Crippen LogP contribution in [0.5, 0.6) is 5.88 Å². The first-order chi connectivity index (χ1) is 15.8. The lowest BCUT2D eigenvalue weighted by molar-refractivity contribution is -0.139. The normalized spacial score (nSPS) is 24.8. The zero-order valence-corrected chi connectivity index (χ0v) is 18.7. The number of hydrogen-bond donors (Lipinski definition) is 0. The third-order valence-corrected chi connectivity index (χ3v) is 7.53. The molecule has 0 bridgehead atoms. The van der Waals surface area contributed by atoms with Crippen molar-refractivity contribution in [2.45, 2.75) is 68.9 Å². The number of pyridine rings is 1. The monoisotopic (exact) mass is 468 g/mol. The molecule has 182 valence electrons. The third-order valence-electron chi connectivity index (χ3n) is 7.53. The predicted octanol–water partition coefficient (Wildman–Crippen LogP) is 3.83. The second kappa shape index (κ2) is 8.85. The van der Waals surface area contributed by atoms with Crippen molar-refractivity contribution in [3.63, 3.8) is 0 Å². The first-order valence-corrected chi connectivity index (χ1v) is 12.0. The lowest BCUT2D eigenvalue weighted by atomic mass is 9.90. The number of ether oxygens (including phenoxy) is 2. The van der Waals surface area contributed by atoms with Crippen LogP contribution in [0.25, 0.3) is 0 Å². The minimum absolute atomic E-state index is 0.0101. The number of anilines is 1. The molecule has 0 N–H and O–H groups in total. The molecule has 5 rings (SSSR count). The molecule has 1 aromatic rings. The van der Waals surface area contributed by atoms with Crippen molar-refractivity contribution in [2.75, 3.05) is 44.2 Å². The van der Waals surface area contributed by atoms with Crippen LogP contribution in [-0.2, 0) is 4.74 Å². The minimum atomic E-state index is -4.42. The van der Waals surface area contributed by atoms with Gasteiger partial charge in [-0.15, -0.1) is 0 Å². The molecular weight excluding hydrogens is 437 g/mol. The van der Waals surface area contributed by atoms with E-state index in [2.05, 4.69) is 14.8 Å². The van der Waals surface area contributed by atoms with Crippen LogP contribution in [0.2, 0.25) is 0 Å². The summed E-state index contributed by atoms with van der Waals surface area (Å²) in [6, 6.07) is 4.64. The standard InChI is InChI=1S/C23H31F3N4O3/c24-23(25,26)16-30-15-22(33-21(30)31)8-12-29(13-9-22)18-4-5-20(27-14-18)32-19-6-10-28(11-7-19)17-2-1-3-17/h4-5,14,17,19H,1-3,6-13,15-16H2. The van der Waals surface area contributed by atoms with Crippen molar-refractivity contribution in [2.24, 2.45) is 0 Å². The van der Waals surface area contributed by atoms with Crippen molar-refractivity contribution in [3.8, 4) is 5.88 Å². The Morgan fingerprint density at radius 2 is 1.82 bits per heavy atom. The summed E-state index contributed by atoms with van der Waals surface area (Å²) >= 11 is 0. The lowest BCUT2D eigenvalue weighted by Crippen LogP contribution is -2.47. The van der Waals surface area contributed by atoms with Gasteiger partial charge in [0.2, 0.25) is 5.88 Å². The van der Waals surface area contributed by atoms with E-state index in [1.807, 2.05) is 12.1 Å². The number of halogens is 3. The van der Waals surface area contributed by atoms with Crippen LogP contribution >= 0.6 is 0 Å². The zero-order valence-electron chi connectivity index (χ0n) is 18.7. The molecule has 4 fully saturated rings. The molecule has 33 heavy (non-hydrogen) atoms. The van der Waals surface area contributed by atoms with Crippen LogP contribution in [0.15, 0.2) is 18.3 Å². The SMILES string of the molecule is O=C1OC2(CCN(c3ccc(OC4CCN(C5CCC5)CC4)nc3)CC2)CN1CC(F)(F)F. The fourth-order valence-corrected chi connectivity index (χ4v) is 5.37. The van der Waals surface area contributed by atoms with E-state index in [-0.39, 0.29) is 12.6 Å². The fraction of sp³-hybridized carbons (Fsp3) is 0.739. The smallest absolute Gasteiger partial charge is 0.410 e. The Bertz CT molecular complexity index is 830. The van der Waals surface area contributed by atoms with Crippen LogP contribution < -0.4 is 9.64 Å². The van der Waals surface area contributed by atoms with Crippen molar-refractivity contribution >= 4 is 11.8 Å². The Kier molecular flexibility index (Phi) is 6.05. The van der Waals surface area contributed by atoms with Gasteiger partial charge in [0.15, 0.2) is 0 Å². The van der Waals surface area contributed by atoms with Gasteiger partial charge in [0.25, 0.3) is 0 Å². The maximum Gasteiger partial charge on any atom is 0.410 e. The summed E-state index contributed by atoms with van der Waals surface area (Å²) in [6.45, 7) is 2.09. The summed E-state index contributed by atoms with van der Waals surface area (Å²) in [5, 5.41) is 0. The molecule has 1 spiro atoms. The number of nitrogens with zero attached hydrogens (tertiary/aromatic N) is 4. The van der Waals surface area contributed by atoms with E-state index in [0.29, 0.717) is 31.8 Å². The molecule has 3 aliphatic heterocycles. The summed E-state index contributed by atoms with van der Waals surface area (Å²) < 4.78 is 49.6. The molecule has 0 aromatic carbocycles. The van der Waals surface area contributed by atoms with Crippen LogP contribution in [0.4, 0.5) is 23.7 Å². The van der Waals surface area contributed by atoms with Gasteiger partial charge in [-0.2, -0.15) is 13.2 Å². The largest absolute Gasteiger partial charge is 0.474 e. The summed E-state index contributed by atoms with van der Waals surface area (Å²) in [4.78, 5) is 21.9. The number of aromatic nitrogens is 1. The molecule has 0 radical (unpaired) electrons. The summed E-state index contributed by atoms with van der Waals surface area (Å²) in [7, 11) is 0. The molecule has 1 saturated carbocycles. The first-order valence-electron chi connectivity index (χ1n) is 12.0. The molecule has 3 saturated heterocycles. The average Bonchev–Trinajstić information content (AvgIpc) is 3.02. The Labute approximate surface area is 191 Å². The third kappa shape index (κ3) is 5.15. The maximum atomic E-state index is 12.7. The molecule has 10 heteroatoms. The Morgan fingerprint density at radius 1 is 1.09 bits per heavy atom. The first kappa shape index (κ1) is 22.6. The van der Waals surface area contributed by atoms with Gasteiger partial charge in [-0.05, 0) is 31.7 Å². The molecule has 4 aliphatic rings. The van der Waals surface area contributed by atoms with Gasteiger partial charge in [-0.1, -0.05) is 6.42 Å². The number of likely N-dealkylation sites (tertiary alicyclic amines) is 1. The number of amides is 1.